The molecule has 1 aliphatic carbocycles. The van der Waals surface area contributed by atoms with E-state index in [2.05, 4.69) is 10.6 Å². The van der Waals surface area contributed by atoms with Crippen LogP contribution in [-0.2, 0) is 15.5 Å². The van der Waals surface area contributed by atoms with Crippen LogP contribution in [0.3, 0.4) is 0 Å². The number of hydrogen-bond donors (Lipinski definition) is 2. The molecule has 120 valence electrons. The largest absolute Gasteiger partial charge is 0.378 e. The van der Waals surface area contributed by atoms with Gasteiger partial charge in [0.05, 0.1) is 6.10 Å². The summed E-state index contributed by atoms with van der Waals surface area (Å²) in [5.41, 5.74) is 0.710. The summed E-state index contributed by atoms with van der Waals surface area (Å²) >= 11 is 0. The zero-order valence-electron chi connectivity index (χ0n) is 12.7. The van der Waals surface area contributed by atoms with Gasteiger partial charge in [-0.2, -0.15) is 0 Å². The average molecular weight is 322 g/mol. The molecule has 0 spiro atoms. The molecule has 1 saturated carbocycles. The van der Waals surface area contributed by atoms with E-state index < -0.39 is 10.8 Å². The maximum Gasteiger partial charge on any atom is 0.319 e. The van der Waals surface area contributed by atoms with Gasteiger partial charge in [-0.05, 0) is 49.9 Å². The van der Waals surface area contributed by atoms with Gasteiger partial charge in [0.1, 0.15) is 0 Å². The van der Waals surface area contributed by atoms with Crippen molar-refractivity contribution in [3.8, 4) is 0 Å². The molecule has 2 fully saturated rings. The third-order valence-corrected chi connectivity index (χ3v) is 5.48. The highest BCUT2D eigenvalue weighted by Crippen LogP contribution is 2.34. The number of nitrogens with one attached hydrogen (secondary N) is 2. The Labute approximate surface area is 133 Å². The summed E-state index contributed by atoms with van der Waals surface area (Å²) < 4.78 is 17.1. The highest BCUT2D eigenvalue weighted by molar-refractivity contribution is 7.84. The molecule has 1 aromatic rings. The van der Waals surface area contributed by atoms with Gasteiger partial charge in [-0.15, -0.1) is 0 Å². The molecule has 6 heteroatoms. The van der Waals surface area contributed by atoms with E-state index >= 15 is 0 Å². The zero-order valence-corrected chi connectivity index (χ0v) is 13.5. The van der Waals surface area contributed by atoms with Gasteiger partial charge >= 0.3 is 6.03 Å². The van der Waals surface area contributed by atoms with Gasteiger partial charge in [0.15, 0.2) is 0 Å². The third-order valence-electron chi connectivity index (χ3n) is 4.54. The van der Waals surface area contributed by atoms with E-state index in [1.807, 2.05) is 0 Å². The molecule has 1 saturated heterocycles. The van der Waals surface area contributed by atoms with Gasteiger partial charge in [-0.25, -0.2) is 4.79 Å². The third kappa shape index (κ3) is 3.50. The maximum atomic E-state index is 12.2. The van der Waals surface area contributed by atoms with Crippen molar-refractivity contribution in [3.63, 3.8) is 0 Å². The minimum Gasteiger partial charge on any atom is -0.378 e. The summed E-state index contributed by atoms with van der Waals surface area (Å²) in [7, 11) is -1.00. The van der Waals surface area contributed by atoms with Crippen LogP contribution in [0.25, 0.3) is 0 Å². The Kier molecular flexibility index (Phi) is 4.78. The Balaban J connectivity index is 1.56. The van der Waals surface area contributed by atoms with Crippen molar-refractivity contribution < 1.29 is 13.7 Å². The molecule has 22 heavy (non-hydrogen) atoms. The van der Waals surface area contributed by atoms with E-state index in [9.17, 15) is 9.00 Å². The molecule has 0 aromatic heterocycles. The molecule has 0 bridgehead atoms. The average Bonchev–Trinajstić information content (AvgIpc) is 2.97. The number of carbonyl (C=O) groups is 1. The van der Waals surface area contributed by atoms with Gasteiger partial charge in [-0.1, -0.05) is 0 Å². The first-order valence-electron chi connectivity index (χ1n) is 7.76. The number of fused-ring (bicyclic) bond motifs is 1. The van der Waals surface area contributed by atoms with E-state index in [4.69, 9.17) is 4.74 Å². The SMILES string of the molecule is C[S@](=O)c1ccc(NC(=O)N[C@@H]2CCC[C@H]3OCC[C@@H]23)cc1. The minimum atomic E-state index is -1.00. The van der Waals surface area contributed by atoms with Crippen molar-refractivity contribution in [1.29, 1.82) is 0 Å². The van der Waals surface area contributed by atoms with Gasteiger partial charge < -0.3 is 15.4 Å². The van der Waals surface area contributed by atoms with Crippen LogP contribution in [-0.4, -0.2) is 35.2 Å². The number of amides is 2. The highest BCUT2D eigenvalue weighted by atomic mass is 32.2. The number of hydrogen-bond acceptors (Lipinski definition) is 3. The molecule has 5 nitrogen and oxygen atoms in total. The Hall–Kier alpha value is -1.40. The summed E-state index contributed by atoms with van der Waals surface area (Å²) in [6.07, 6.45) is 6.22. The zero-order chi connectivity index (χ0) is 15.5. The van der Waals surface area contributed by atoms with Crippen LogP contribution < -0.4 is 10.6 Å². The quantitative estimate of drug-likeness (QED) is 0.898. The molecular weight excluding hydrogens is 300 g/mol. The van der Waals surface area contributed by atoms with Crippen LogP contribution in [0, 0.1) is 5.92 Å². The fourth-order valence-electron chi connectivity index (χ4n) is 3.42. The molecule has 1 aliphatic heterocycles. The van der Waals surface area contributed by atoms with Crippen molar-refractivity contribution in [3.05, 3.63) is 24.3 Å². The number of carbonyl (C=O) groups excluding carboxylic acids is 1. The molecule has 3 rings (SSSR count). The number of rotatable bonds is 3. The van der Waals surface area contributed by atoms with E-state index in [0.29, 0.717) is 17.7 Å². The monoisotopic (exact) mass is 322 g/mol. The Bertz CT molecular complexity index is 561. The lowest BCUT2D eigenvalue weighted by atomic mass is 9.82. The van der Waals surface area contributed by atoms with Crippen LogP contribution in [0.5, 0.6) is 0 Å². The summed E-state index contributed by atoms with van der Waals surface area (Å²) in [4.78, 5) is 12.9. The van der Waals surface area contributed by atoms with Gasteiger partial charge in [0.25, 0.3) is 0 Å². The van der Waals surface area contributed by atoms with Gasteiger partial charge in [-0.3, -0.25) is 4.21 Å². The van der Waals surface area contributed by atoms with Crippen LogP contribution in [0.2, 0.25) is 0 Å². The predicted molar refractivity (Wildman–Crippen MR) is 86.4 cm³/mol. The first-order valence-corrected chi connectivity index (χ1v) is 9.32. The number of benzene rings is 1. The minimum absolute atomic E-state index is 0.178. The standard InChI is InChI=1S/C16H22N2O3S/c1-22(20)12-7-5-11(6-8-12)17-16(19)18-14-3-2-4-15-13(14)9-10-21-15/h5-8,13-15H,2-4,9-10H2,1H3,(H2,17,18,19)/t13-,14+,15+,22-/m0/s1. The van der Waals surface area contributed by atoms with Crippen molar-refractivity contribution >= 4 is 22.5 Å². The second kappa shape index (κ2) is 6.79. The number of ether oxygens (including phenoxy) is 1. The van der Waals surface area contributed by atoms with E-state index in [1.54, 1.807) is 30.5 Å². The molecule has 4 atom stereocenters. The van der Waals surface area contributed by atoms with Crippen LogP contribution >= 0.6 is 0 Å². The van der Waals surface area contributed by atoms with Gasteiger partial charge in [0.2, 0.25) is 0 Å². The molecular formula is C16H22N2O3S. The van der Waals surface area contributed by atoms with Crippen LogP contribution in [0.4, 0.5) is 10.5 Å². The Morgan fingerprint density at radius 1 is 1.23 bits per heavy atom. The van der Waals surface area contributed by atoms with E-state index in [1.165, 1.54) is 0 Å². The maximum absolute atomic E-state index is 12.2. The van der Waals surface area contributed by atoms with Crippen LogP contribution in [0.1, 0.15) is 25.7 Å². The molecule has 0 radical (unpaired) electrons. The second-order valence-corrected chi connectivity index (χ2v) is 7.36. The lowest BCUT2D eigenvalue weighted by molar-refractivity contribution is 0.0553. The molecule has 0 unspecified atom stereocenters. The van der Waals surface area contributed by atoms with Crippen molar-refractivity contribution in [2.45, 2.75) is 42.7 Å². The van der Waals surface area contributed by atoms with Gasteiger partial charge in [0, 0.05) is 46.2 Å². The first kappa shape index (κ1) is 15.5. The smallest absolute Gasteiger partial charge is 0.319 e. The summed E-state index contributed by atoms with van der Waals surface area (Å²) in [5.74, 6) is 0.449. The van der Waals surface area contributed by atoms with E-state index in [-0.39, 0.29) is 12.1 Å². The predicted octanol–water partition coefficient (Wildman–Crippen LogP) is 2.50. The summed E-state index contributed by atoms with van der Waals surface area (Å²) in [5, 5.41) is 5.93. The molecule has 1 aromatic carbocycles. The molecule has 2 aliphatic rings. The second-order valence-electron chi connectivity index (χ2n) is 5.98. The topological polar surface area (TPSA) is 67.4 Å². The molecule has 1 heterocycles. The lowest BCUT2D eigenvalue weighted by Crippen LogP contribution is -2.47. The normalized spacial score (nSPS) is 28.7. The summed E-state index contributed by atoms with van der Waals surface area (Å²) in [6.45, 7) is 0.810. The fourth-order valence-corrected chi connectivity index (χ4v) is 3.94. The number of urea groups is 1. The lowest BCUT2D eigenvalue weighted by Gasteiger charge is -2.33. The van der Waals surface area contributed by atoms with E-state index in [0.717, 1.165) is 37.2 Å². The number of anilines is 1. The Morgan fingerprint density at radius 2 is 2.00 bits per heavy atom. The Morgan fingerprint density at radius 3 is 2.73 bits per heavy atom. The van der Waals surface area contributed by atoms with Crippen molar-refractivity contribution in [1.82, 2.24) is 5.32 Å². The molecule has 2 N–H and O–H groups in total. The highest BCUT2D eigenvalue weighted by Gasteiger charge is 2.38. The first-order chi connectivity index (χ1) is 10.6. The fraction of sp³-hybridized carbons (Fsp3) is 0.562. The summed E-state index contributed by atoms with van der Waals surface area (Å²) in [6, 6.07) is 7.11. The molecule has 2 amide bonds. The van der Waals surface area contributed by atoms with Crippen LogP contribution in [0.15, 0.2) is 29.2 Å². The van der Waals surface area contributed by atoms with Crippen molar-refractivity contribution in [2.24, 2.45) is 5.92 Å². The van der Waals surface area contributed by atoms with Crippen molar-refractivity contribution in [2.75, 3.05) is 18.2 Å².